The third-order valence-electron chi connectivity index (χ3n) is 7.60. The largest absolute Gasteiger partial charge is 0.362 e. The quantitative estimate of drug-likeness (QED) is 0.239. The Balaban J connectivity index is 1.18. The van der Waals surface area contributed by atoms with Crippen molar-refractivity contribution in [3.8, 4) is 0 Å². The molecule has 0 atom stereocenters. The third-order valence-corrected chi connectivity index (χ3v) is 7.85. The zero-order chi connectivity index (χ0) is 26.4. The van der Waals surface area contributed by atoms with Gasteiger partial charge in [0.05, 0.1) is 0 Å². The molecule has 0 spiro atoms. The number of fused-ring (bicyclic) bond motifs is 2. The van der Waals surface area contributed by atoms with E-state index in [1.807, 2.05) is 0 Å². The zero-order valence-electron chi connectivity index (χ0n) is 22.1. The second-order valence-corrected chi connectivity index (χ2v) is 10.7. The SMILES string of the molecule is S=C(NCCCc1ccccc1)Nc1nc(N2CCc3ccccc3C2)cc(N2CCc3ccccc3C2)n1. The highest BCUT2D eigenvalue weighted by molar-refractivity contribution is 7.80. The molecule has 0 unspecified atom stereocenters. The Labute approximate surface area is 236 Å². The van der Waals surface area contributed by atoms with Crippen LogP contribution in [0.5, 0.6) is 0 Å². The van der Waals surface area contributed by atoms with Crippen molar-refractivity contribution in [1.29, 1.82) is 0 Å². The number of hydrogen-bond donors (Lipinski definition) is 2. The van der Waals surface area contributed by atoms with Gasteiger partial charge in [0.1, 0.15) is 11.6 Å². The van der Waals surface area contributed by atoms with Crippen LogP contribution in [0.2, 0.25) is 0 Å². The van der Waals surface area contributed by atoms with Crippen molar-refractivity contribution in [2.45, 2.75) is 38.8 Å². The summed E-state index contributed by atoms with van der Waals surface area (Å²) in [5.41, 5.74) is 6.91. The molecule has 2 aliphatic rings. The van der Waals surface area contributed by atoms with Crippen molar-refractivity contribution in [3.05, 3.63) is 113 Å². The van der Waals surface area contributed by atoms with Crippen molar-refractivity contribution >= 4 is 34.9 Å². The van der Waals surface area contributed by atoms with E-state index >= 15 is 0 Å². The predicted octanol–water partition coefficient (Wildman–Crippen LogP) is 5.52. The van der Waals surface area contributed by atoms with Crippen molar-refractivity contribution in [1.82, 2.24) is 15.3 Å². The molecule has 7 heteroatoms. The van der Waals surface area contributed by atoms with Gasteiger partial charge in [-0.05, 0) is 65.7 Å². The average Bonchev–Trinajstić information content (AvgIpc) is 2.99. The van der Waals surface area contributed by atoms with E-state index in [1.165, 1.54) is 27.8 Å². The number of hydrogen-bond acceptors (Lipinski definition) is 5. The van der Waals surface area contributed by atoms with E-state index in [-0.39, 0.29) is 0 Å². The van der Waals surface area contributed by atoms with Gasteiger partial charge in [-0.25, -0.2) is 0 Å². The van der Waals surface area contributed by atoms with Crippen LogP contribution in [-0.2, 0) is 32.4 Å². The molecule has 0 radical (unpaired) electrons. The molecule has 3 heterocycles. The summed E-state index contributed by atoms with van der Waals surface area (Å²) in [7, 11) is 0. The first-order valence-corrected chi connectivity index (χ1v) is 14.2. The lowest BCUT2D eigenvalue weighted by molar-refractivity contribution is 0.706. The van der Waals surface area contributed by atoms with Crippen LogP contribution < -0.4 is 20.4 Å². The third kappa shape index (κ3) is 6.20. The second kappa shape index (κ2) is 11.8. The summed E-state index contributed by atoms with van der Waals surface area (Å²) in [6.07, 6.45) is 4.03. The van der Waals surface area contributed by atoms with Gasteiger partial charge in [-0.15, -0.1) is 0 Å². The molecule has 198 valence electrons. The Morgan fingerprint density at radius 3 is 1.85 bits per heavy atom. The molecule has 0 amide bonds. The first kappa shape index (κ1) is 25.3. The minimum absolute atomic E-state index is 0.542. The Hall–Kier alpha value is -3.97. The van der Waals surface area contributed by atoms with Gasteiger partial charge in [-0.1, -0.05) is 78.9 Å². The van der Waals surface area contributed by atoms with E-state index in [1.54, 1.807) is 0 Å². The van der Waals surface area contributed by atoms with Crippen LogP contribution in [0.15, 0.2) is 84.9 Å². The molecule has 0 aliphatic carbocycles. The van der Waals surface area contributed by atoms with E-state index in [0.717, 1.165) is 70.0 Å². The van der Waals surface area contributed by atoms with Gasteiger partial charge in [0.15, 0.2) is 5.11 Å². The molecule has 0 bridgehead atoms. The lowest BCUT2D eigenvalue weighted by Crippen LogP contribution is -2.35. The van der Waals surface area contributed by atoms with E-state index in [9.17, 15) is 0 Å². The van der Waals surface area contributed by atoms with E-state index < -0.39 is 0 Å². The molecule has 2 N–H and O–H groups in total. The van der Waals surface area contributed by atoms with Crippen LogP contribution in [0.25, 0.3) is 0 Å². The Morgan fingerprint density at radius 2 is 1.26 bits per heavy atom. The highest BCUT2D eigenvalue weighted by Crippen LogP contribution is 2.29. The smallest absolute Gasteiger partial charge is 0.232 e. The highest BCUT2D eigenvalue weighted by atomic mass is 32.1. The van der Waals surface area contributed by atoms with Crippen LogP contribution in [-0.4, -0.2) is 34.7 Å². The number of nitrogens with zero attached hydrogens (tertiary/aromatic N) is 4. The molecule has 6 rings (SSSR count). The summed E-state index contributed by atoms with van der Waals surface area (Å²) in [6.45, 7) is 4.34. The Kier molecular flexibility index (Phi) is 7.68. The van der Waals surface area contributed by atoms with Crippen LogP contribution in [0.3, 0.4) is 0 Å². The highest BCUT2D eigenvalue weighted by Gasteiger charge is 2.22. The molecule has 0 saturated carbocycles. The molecule has 6 nitrogen and oxygen atoms in total. The summed E-state index contributed by atoms with van der Waals surface area (Å²) >= 11 is 5.64. The lowest BCUT2D eigenvalue weighted by Gasteiger charge is -2.33. The van der Waals surface area contributed by atoms with Gasteiger partial charge in [-0.3, -0.25) is 0 Å². The normalized spacial score (nSPS) is 14.4. The van der Waals surface area contributed by atoms with E-state index in [2.05, 4.69) is 105 Å². The number of thiocarbonyl (C=S) groups is 1. The average molecular weight is 535 g/mol. The Bertz CT molecular complexity index is 1360. The van der Waals surface area contributed by atoms with Crippen LogP contribution in [0.4, 0.5) is 17.6 Å². The maximum Gasteiger partial charge on any atom is 0.232 e. The fourth-order valence-electron chi connectivity index (χ4n) is 5.47. The fraction of sp³-hybridized carbons (Fsp3) is 0.281. The number of aromatic nitrogens is 2. The van der Waals surface area contributed by atoms with Crippen LogP contribution in [0.1, 0.15) is 34.2 Å². The zero-order valence-corrected chi connectivity index (χ0v) is 23.0. The monoisotopic (exact) mass is 534 g/mol. The summed E-state index contributed by atoms with van der Waals surface area (Å²) in [4.78, 5) is 14.6. The van der Waals surface area contributed by atoms with Crippen molar-refractivity contribution in [3.63, 3.8) is 0 Å². The summed E-state index contributed by atoms with van der Waals surface area (Å²) in [5.74, 6) is 2.41. The van der Waals surface area contributed by atoms with E-state index in [0.29, 0.717) is 11.1 Å². The van der Waals surface area contributed by atoms with Gasteiger partial charge in [0.25, 0.3) is 0 Å². The molecule has 4 aromatic rings. The fourth-order valence-corrected chi connectivity index (χ4v) is 5.66. The molecule has 3 aromatic carbocycles. The van der Waals surface area contributed by atoms with Gasteiger partial charge < -0.3 is 20.4 Å². The van der Waals surface area contributed by atoms with Crippen LogP contribution >= 0.6 is 12.2 Å². The summed E-state index contributed by atoms with van der Waals surface area (Å²) in [6, 6.07) is 30.1. The maximum absolute atomic E-state index is 5.64. The van der Waals surface area contributed by atoms with Crippen molar-refractivity contribution in [2.24, 2.45) is 0 Å². The molecular formula is C32H34N6S. The molecule has 39 heavy (non-hydrogen) atoms. The molecule has 0 saturated heterocycles. The van der Waals surface area contributed by atoms with Crippen LogP contribution in [0, 0.1) is 0 Å². The molecule has 1 aromatic heterocycles. The number of aryl methyl sites for hydroxylation is 1. The van der Waals surface area contributed by atoms with Gasteiger partial charge >= 0.3 is 0 Å². The first-order chi connectivity index (χ1) is 19.2. The van der Waals surface area contributed by atoms with Gasteiger partial charge in [-0.2, -0.15) is 9.97 Å². The molecule has 2 aliphatic heterocycles. The lowest BCUT2D eigenvalue weighted by atomic mass is 9.99. The minimum atomic E-state index is 0.542. The predicted molar refractivity (Wildman–Crippen MR) is 163 cm³/mol. The number of rotatable bonds is 7. The van der Waals surface area contributed by atoms with E-state index in [4.69, 9.17) is 22.2 Å². The van der Waals surface area contributed by atoms with Gasteiger partial charge in [0.2, 0.25) is 5.95 Å². The Morgan fingerprint density at radius 1 is 0.718 bits per heavy atom. The van der Waals surface area contributed by atoms with Crippen molar-refractivity contribution < 1.29 is 0 Å². The topological polar surface area (TPSA) is 56.3 Å². The summed E-state index contributed by atoms with van der Waals surface area (Å²) in [5, 5.41) is 7.18. The molecular weight excluding hydrogens is 500 g/mol. The number of anilines is 3. The van der Waals surface area contributed by atoms with Gasteiger partial charge in [0, 0.05) is 38.8 Å². The first-order valence-electron chi connectivity index (χ1n) is 13.8. The van der Waals surface area contributed by atoms with Crippen molar-refractivity contribution in [2.75, 3.05) is 34.8 Å². The number of benzene rings is 3. The minimum Gasteiger partial charge on any atom is -0.362 e. The number of nitrogens with one attached hydrogen (secondary N) is 2. The summed E-state index contributed by atoms with van der Waals surface area (Å²) < 4.78 is 0. The second-order valence-electron chi connectivity index (χ2n) is 10.3. The maximum atomic E-state index is 5.64. The molecule has 0 fully saturated rings. The standard InChI is InChI=1S/C32H34N6S/c39-32(33-18-8-11-24-9-2-1-3-10-24)36-31-34-29(37-19-16-25-12-4-6-14-27(25)22-37)21-30(35-31)38-20-17-26-13-5-7-15-28(26)23-38/h1-7,9-10,12-15,21H,8,11,16-20,22-23H2,(H2,33,34,35,36,39).